The van der Waals surface area contributed by atoms with E-state index in [2.05, 4.69) is 20.9 Å². The van der Waals surface area contributed by atoms with Crippen molar-refractivity contribution in [1.82, 2.24) is 4.98 Å². The average molecular weight is 285 g/mol. The second kappa shape index (κ2) is 4.49. The highest BCUT2D eigenvalue weighted by atomic mass is 79.9. The summed E-state index contributed by atoms with van der Waals surface area (Å²) in [5.41, 5.74) is 1.58. The molecule has 1 aliphatic carbocycles. The molecule has 1 aliphatic rings. The van der Waals surface area contributed by atoms with Crippen LogP contribution in [-0.2, 0) is 6.42 Å². The summed E-state index contributed by atoms with van der Waals surface area (Å²) >= 11 is 3.61. The SMILES string of the molecule is Cc1cnc(CC(Br)C2CC2)cc1[N+](=O)[O-]. The summed E-state index contributed by atoms with van der Waals surface area (Å²) in [5, 5.41) is 10.8. The molecular weight excluding hydrogens is 272 g/mol. The molecule has 0 bridgehead atoms. The molecule has 1 atom stereocenters. The van der Waals surface area contributed by atoms with E-state index in [0.29, 0.717) is 10.4 Å². The van der Waals surface area contributed by atoms with Gasteiger partial charge in [-0.1, -0.05) is 15.9 Å². The second-order valence-corrected chi connectivity index (χ2v) is 5.45. The molecule has 1 unspecified atom stereocenters. The van der Waals surface area contributed by atoms with Gasteiger partial charge in [-0.25, -0.2) is 0 Å². The summed E-state index contributed by atoms with van der Waals surface area (Å²) in [6.45, 7) is 1.71. The van der Waals surface area contributed by atoms with Crippen molar-refractivity contribution < 1.29 is 4.92 Å². The van der Waals surface area contributed by atoms with Crippen molar-refractivity contribution in [2.24, 2.45) is 5.92 Å². The van der Waals surface area contributed by atoms with Crippen LogP contribution < -0.4 is 0 Å². The number of nitrogens with zero attached hydrogens (tertiary/aromatic N) is 2. The van der Waals surface area contributed by atoms with Crippen molar-refractivity contribution in [3.8, 4) is 0 Å². The lowest BCUT2D eigenvalue weighted by atomic mass is 10.1. The van der Waals surface area contributed by atoms with Crippen LogP contribution in [0.1, 0.15) is 24.1 Å². The summed E-state index contributed by atoms with van der Waals surface area (Å²) in [7, 11) is 0. The number of aromatic nitrogens is 1. The molecule has 1 saturated carbocycles. The molecule has 0 spiro atoms. The maximum absolute atomic E-state index is 10.8. The van der Waals surface area contributed by atoms with Gasteiger partial charge in [0.15, 0.2) is 0 Å². The van der Waals surface area contributed by atoms with Crippen LogP contribution in [0.2, 0.25) is 0 Å². The van der Waals surface area contributed by atoms with Crippen molar-refractivity contribution >= 4 is 21.6 Å². The summed E-state index contributed by atoms with van der Waals surface area (Å²) < 4.78 is 0. The fraction of sp³-hybridized carbons (Fsp3) is 0.545. The van der Waals surface area contributed by atoms with Gasteiger partial charge in [0, 0.05) is 34.8 Å². The van der Waals surface area contributed by atoms with Crippen LogP contribution in [0.3, 0.4) is 0 Å². The molecule has 16 heavy (non-hydrogen) atoms. The lowest BCUT2D eigenvalue weighted by Crippen LogP contribution is -2.07. The predicted octanol–water partition coefficient (Wildman–Crippen LogP) is 3.01. The van der Waals surface area contributed by atoms with Crippen molar-refractivity contribution in [3.63, 3.8) is 0 Å². The first-order chi connectivity index (χ1) is 7.58. The molecule has 4 nitrogen and oxygen atoms in total. The van der Waals surface area contributed by atoms with Gasteiger partial charge in [-0.3, -0.25) is 15.1 Å². The van der Waals surface area contributed by atoms with Crippen LogP contribution in [0.25, 0.3) is 0 Å². The van der Waals surface area contributed by atoms with E-state index in [1.54, 1.807) is 19.2 Å². The number of halogens is 1. The van der Waals surface area contributed by atoms with Crippen molar-refractivity contribution in [3.05, 3.63) is 33.6 Å². The minimum absolute atomic E-state index is 0.167. The Hall–Kier alpha value is -0.970. The smallest absolute Gasteiger partial charge is 0.260 e. The molecule has 5 heteroatoms. The summed E-state index contributed by atoms with van der Waals surface area (Å²) in [5.74, 6) is 0.724. The maximum Gasteiger partial charge on any atom is 0.275 e. The zero-order chi connectivity index (χ0) is 11.7. The number of aryl methyl sites for hydroxylation is 1. The maximum atomic E-state index is 10.8. The highest BCUT2D eigenvalue weighted by Gasteiger charge is 2.29. The van der Waals surface area contributed by atoms with E-state index in [0.717, 1.165) is 18.0 Å². The molecule has 0 aliphatic heterocycles. The van der Waals surface area contributed by atoms with Crippen molar-refractivity contribution in [2.45, 2.75) is 31.0 Å². The van der Waals surface area contributed by atoms with Gasteiger partial charge >= 0.3 is 0 Å². The third kappa shape index (κ3) is 2.58. The first-order valence-electron chi connectivity index (χ1n) is 5.32. The van der Waals surface area contributed by atoms with Crippen LogP contribution >= 0.6 is 15.9 Å². The van der Waals surface area contributed by atoms with Gasteiger partial charge in [-0.15, -0.1) is 0 Å². The van der Waals surface area contributed by atoms with E-state index in [-0.39, 0.29) is 10.6 Å². The van der Waals surface area contributed by atoms with E-state index in [4.69, 9.17) is 0 Å². The fourth-order valence-corrected chi connectivity index (χ4v) is 2.55. The first kappa shape index (κ1) is 11.5. The molecule has 0 aromatic carbocycles. The minimum Gasteiger partial charge on any atom is -0.260 e. The van der Waals surface area contributed by atoms with Gasteiger partial charge in [0.2, 0.25) is 0 Å². The molecule has 0 saturated heterocycles. The Morgan fingerprint density at radius 1 is 1.69 bits per heavy atom. The molecule has 0 radical (unpaired) electrons. The number of hydrogen-bond acceptors (Lipinski definition) is 3. The molecule has 86 valence electrons. The van der Waals surface area contributed by atoms with E-state index in [1.165, 1.54) is 12.8 Å². The molecule has 0 amide bonds. The number of alkyl halides is 1. The molecule has 1 aromatic rings. The first-order valence-corrected chi connectivity index (χ1v) is 6.23. The molecule has 1 aromatic heterocycles. The van der Waals surface area contributed by atoms with Gasteiger partial charge in [0.05, 0.1) is 4.92 Å². The predicted molar refractivity (Wildman–Crippen MR) is 64.8 cm³/mol. The normalized spacial score (nSPS) is 17.1. The number of pyridine rings is 1. The van der Waals surface area contributed by atoms with E-state index < -0.39 is 0 Å². The van der Waals surface area contributed by atoms with E-state index in [1.807, 2.05) is 0 Å². The third-order valence-corrected chi connectivity index (χ3v) is 3.94. The van der Waals surface area contributed by atoms with Gasteiger partial charge < -0.3 is 0 Å². The topological polar surface area (TPSA) is 56.0 Å². The van der Waals surface area contributed by atoms with Crippen LogP contribution in [0.15, 0.2) is 12.3 Å². The Bertz CT molecular complexity index is 418. The largest absolute Gasteiger partial charge is 0.275 e. The van der Waals surface area contributed by atoms with Crippen molar-refractivity contribution in [2.75, 3.05) is 0 Å². The Morgan fingerprint density at radius 2 is 2.38 bits per heavy atom. The Morgan fingerprint density at radius 3 is 2.94 bits per heavy atom. The Kier molecular flexibility index (Phi) is 3.23. The Labute approximate surface area is 102 Å². The standard InChI is InChI=1S/C11H13BrN2O2/c1-7-6-13-9(5-11(7)14(15)16)4-10(12)8-2-3-8/h5-6,8,10H,2-4H2,1H3. The van der Waals surface area contributed by atoms with Gasteiger partial charge in [-0.05, 0) is 25.7 Å². The summed E-state index contributed by atoms with van der Waals surface area (Å²) in [6.07, 6.45) is 4.86. The van der Waals surface area contributed by atoms with Crippen LogP contribution in [0.4, 0.5) is 5.69 Å². The number of rotatable bonds is 4. The highest BCUT2D eigenvalue weighted by Crippen LogP contribution is 2.38. The van der Waals surface area contributed by atoms with Crippen LogP contribution in [0, 0.1) is 23.0 Å². The molecular formula is C11H13BrN2O2. The van der Waals surface area contributed by atoms with Crippen molar-refractivity contribution in [1.29, 1.82) is 0 Å². The van der Waals surface area contributed by atoms with Gasteiger partial charge in [-0.2, -0.15) is 0 Å². The molecule has 1 heterocycles. The molecule has 2 rings (SSSR count). The number of nitro groups is 1. The van der Waals surface area contributed by atoms with E-state index in [9.17, 15) is 10.1 Å². The zero-order valence-electron chi connectivity index (χ0n) is 9.02. The summed E-state index contributed by atoms with van der Waals surface area (Å²) in [6, 6.07) is 1.59. The monoisotopic (exact) mass is 284 g/mol. The zero-order valence-corrected chi connectivity index (χ0v) is 10.6. The minimum atomic E-state index is -0.346. The molecule has 0 N–H and O–H groups in total. The van der Waals surface area contributed by atoms with E-state index >= 15 is 0 Å². The fourth-order valence-electron chi connectivity index (χ4n) is 1.69. The Balaban J connectivity index is 2.15. The second-order valence-electron chi connectivity index (χ2n) is 4.28. The average Bonchev–Trinajstić information content (AvgIpc) is 3.03. The van der Waals surface area contributed by atoms with Gasteiger partial charge in [0.25, 0.3) is 5.69 Å². The highest BCUT2D eigenvalue weighted by molar-refractivity contribution is 9.09. The van der Waals surface area contributed by atoms with Crippen LogP contribution in [-0.4, -0.2) is 14.7 Å². The number of hydrogen-bond donors (Lipinski definition) is 0. The lowest BCUT2D eigenvalue weighted by Gasteiger charge is -2.07. The van der Waals surface area contributed by atoms with Gasteiger partial charge in [0.1, 0.15) is 0 Å². The summed E-state index contributed by atoms with van der Waals surface area (Å²) in [4.78, 5) is 15.1. The third-order valence-electron chi connectivity index (χ3n) is 2.87. The van der Waals surface area contributed by atoms with Crippen LogP contribution in [0.5, 0.6) is 0 Å². The lowest BCUT2D eigenvalue weighted by molar-refractivity contribution is -0.385. The quantitative estimate of drug-likeness (QED) is 0.485. The molecule has 1 fully saturated rings.